The van der Waals surface area contributed by atoms with Crippen molar-refractivity contribution in [3.63, 3.8) is 0 Å². The first-order valence-electron chi connectivity index (χ1n) is 7.85. The van der Waals surface area contributed by atoms with Crippen LogP contribution in [0.4, 0.5) is 5.69 Å². The molecular formula is C19H20Cl2N2O2. The Bertz CT molecular complexity index is 756. The van der Waals surface area contributed by atoms with Crippen LogP contribution in [0, 0.1) is 5.41 Å². The zero-order valence-electron chi connectivity index (χ0n) is 14.3. The average Bonchev–Trinajstić information content (AvgIpc) is 2.58. The Labute approximate surface area is 157 Å². The van der Waals surface area contributed by atoms with E-state index < -0.39 is 11.3 Å². The number of carbonyl (C=O) groups is 2. The standard InChI is InChI=1S/C19H20Cl2N2O2/c1-12(13-8-5-4-6-9-13)22-17(24)19(2,3)18(25)23-16-14(20)10-7-11-15(16)21/h4-12H,1-3H3,(H,22,24)(H,23,25). The lowest BCUT2D eigenvalue weighted by molar-refractivity contribution is -0.138. The minimum absolute atomic E-state index is 0.218. The number of benzene rings is 2. The van der Waals surface area contributed by atoms with Crippen LogP contribution >= 0.6 is 23.2 Å². The Kier molecular flexibility index (Phi) is 6.09. The van der Waals surface area contributed by atoms with Crippen molar-refractivity contribution < 1.29 is 9.59 Å². The molecule has 2 N–H and O–H groups in total. The molecule has 0 fully saturated rings. The quantitative estimate of drug-likeness (QED) is 0.731. The molecule has 2 aromatic rings. The molecule has 0 radical (unpaired) electrons. The van der Waals surface area contributed by atoms with Gasteiger partial charge in [0.2, 0.25) is 11.8 Å². The summed E-state index contributed by atoms with van der Waals surface area (Å²) in [4.78, 5) is 25.2. The van der Waals surface area contributed by atoms with Crippen LogP contribution < -0.4 is 10.6 Å². The first-order chi connectivity index (χ1) is 11.7. The van der Waals surface area contributed by atoms with E-state index >= 15 is 0 Å². The van der Waals surface area contributed by atoms with Crippen molar-refractivity contribution in [3.05, 3.63) is 64.1 Å². The first kappa shape index (κ1) is 19.3. The predicted molar refractivity (Wildman–Crippen MR) is 102 cm³/mol. The summed E-state index contributed by atoms with van der Waals surface area (Å²) in [5.41, 5.74) is -0.0417. The van der Waals surface area contributed by atoms with Gasteiger partial charge in [0.25, 0.3) is 0 Å². The molecule has 132 valence electrons. The van der Waals surface area contributed by atoms with Gasteiger partial charge in [-0.05, 0) is 38.5 Å². The Morgan fingerprint density at radius 3 is 2.04 bits per heavy atom. The molecule has 0 spiro atoms. The molecule has 2 amide bonds. The van der Waals surface area contributed by atoms with Gasteiger partial charge in [-0.2, -0.15) is 0 Å². The van der Waals surface area contributed by atoms with E-state index in [-0.39, 0.29) is 11.9 Å². The zero-order chi connectivity index (χ0) is 18.6. The summed E-state index contributed by atoms with van der Waals surface area (Å²) in [5.74, 6) is -0.871. The van der Waals surface area contributed by atoms with Gasteiger partial charge in [-0.1, -0.05) is 59.6 Å². The Morgan fingerprint density at radius 2 is 1.48 bits per heavy atom. The molecule has 0 aromatic heterocycles. The average molecular weight is 379 g/mol. The van der Waals surface area contributed by atoms with E-state index in [1.54, 1.807) is 32.0 Å². The third-order valence-electron chi connectivity index (χ3n) is 3.98. The zero-order valence-corrected chi connectivity index (χ0v) is 15.8. The maximum absolute atomic E-state index is 12.6. The van der Waals surface area contributed by atoms with Crippen LogP contribution in [0.3, 0.4) is 0 Å². The van der Waals surface area contributed by atoms with Gasteiger partial charge in [0, 0.05) is 0 Å². The van der Waals surface area contributed by atoms with Crippen molar-refractivity contribution in [2.45, 2.75) is 26.8 Å². The van der Waals surface area contributed by atoms with Crippen LogP contribution in [0.5, 0.6) is 0 Å². The molecule has 2 aromatic carbocycles. The number of hydrogen-bond acceptors (Lipinski definition) is 2. The number of carbonyl (C=O) groups excluding carboxylic acids is 2. The molecule has 0 aliphatic heterocycles. The minimum Gasteiger partial charge on any atom is -0.349 e. The summed E-state index contributed by atoms with van der Waals surface area (Å²) in [5, 5.41) is 6.14. The summed E-state index contributed by atoms with van der Waals surface area (Å²) < 4.78 is 0. The van der Waals surface area contributed by atoms with Crippen molar-refractivity contribution in [3.8, 4) is 0 Å². The highest BCUT2D eigenvalue weighted by Crippen LogP contribution is 2.31. The number of anilines is 1. The van der Waals surface area contributed by atoms with Crippen molar-refractivity contribution in [2.75, 3.05) is 5.32 Å². The molecule has 1 unspecified atom stereocenters. The van der Waals surface area contributed by atoms with E-state index in [9.17, 15) is 9.59 Å². The highest BCUT2D eigenvalue weighted by molar-refractivity contribution is 6.40. The molecule has 0 saturated carbocycles. The third kappa shape index (κ3) is 4.53. The van der Waals surface area contributed by atoms with Gasteiger partial charge in [0.1, 0.15) is 5.41 Å². The number of para-hydroxylation sites is 1. The number of nitrogens with one attached hydrogen (secondary N) is 2. The fourth-order valence-corrected chi connectivity index (χ4v) is 2.68. The fraction of sp³-hybridized carbons (Fsp3) is 0.263. The molecule has 0 aliphatic rings. The van der Waals surface area contributed by atoms with Crippen LogP contribution in [0.2, 0.25) is 10.0 Å². The van der Waals surface area contributed by atoms with Crippen molar-refractivity contribution in [1.29, 1.82) is 0 Å². The second kappa shape index (κ2) is 7.89. The summed E-state index contributed by atoms with van der Waals surface area (Å²) in [6.45, 7) is 4.98. The summed E-state index contributed by atoms with van der Waals surface area (Å²) in [6.07, 6.45) is 0. The fourth-order valence-electron chi connectivity index (χ4n) is 2.19. The topological polar surface area (TPSA) is 58.2 Å². The normalized spacial score (nSPS) is 12.4. The molecule has 0 saturated heterocycles. The van der Waals surface area contributed by atoms with Gasteiger partial charge >= 0.3 is 0 Å². The highest BCUT2D eigenvalue weighted by atomic mass is 35.5. The predicted octanol–water partition coefficient (Wildman–Crippen LogP) is 4.84. The Hall–Kier alpha value is -2.04. The summed E-state index contributed by atoms with van der Waals surface area (Å²) in [7, 11) is 0. The number of rotatable bonds is 5. The van der Waals surface area contributed by atoms with Gasteiger partial charge < -0.3 is 10.6 Å². The van der Waals surface area contributed by atoms with Gasteiger partial charge in [0.15, 0.2) is 0 Å². The number of halogens is 2. The van der Waals surface area contributed by atoms with Gasteiger partial charge in [-0.15, -0.1) is 0 Å². The van der Waals surface area contributed by atoms with Crippen LogP contribution in [0.15, 0.2) is 48.5 Å². The van der Waals surface area contributed by atoms with Crippen LogP contribution in [-0.2, 0) is 9.59 Å². The molecular weight excluding hydrogens is 359 g/mol. The lowest BCUT2D eigenvalue weighted by Crippen LogP contribution is -2.45. The third-order valence-corrected chi connectivity index (χ3v) is 4.61. The Balaban J connectivity index is 2.11. The first-order valence-corrected chi connectivity index (χ1v) is 8.60. The van der Waals surface area contributed by atoms with Gasteiger partial charge in [-0.3, -0.25) is 9.59 Å². The van der Waals surface area contributed by atoms with Gasteiger partial charge in [0.05, 0.1) is 21.8 Å². The van der Waals surface area contributed by atoms with Crippen LogP contribution in [0.1, 0.15) is 32.4 Å². The van der Waals surface area contributed by atoms with Gasteiger partial charge in [-0.25, -0.2) is 0 Å². The Morgan fingerprint density at radius 1 is 0.920 bits per heavy atom. The smallest absolute Gasteiger partial charge is 0.239 e. The van der Waals surface area contributed by atoms with Crippen molar-refractivity contribution >= 4 is 40.7 Å². The van der Waals surface area contributed by atoms with E-state index in [4.69, 9.17) is 23.2 Å². The molecule has 4 nitrogen and oxygen atoms in total. The minimum atomic E-state index is -1.30. The lowest BCUT2D eigenvalue weighted by atomic mass is 9.90. The largest absolute Gasteiger partial charge is 0.349 e. The molecule has 6 heteroatoms. The number of amides is 2. The second-order valence-electron chi connectivity index (χ2n) is 6.28. The van der Waals surface area contributed by atoms with E-state index in [1.165, 1.54) is 0 Å². The summed E-state index contributed by atoms with van der Waals surface area (Å²) in [6, 6.07) is 14.2. The molecule has 0 heterocycles. The van der Waals surface area contributed by atoms with Crippen molar-refractivity contribution in [2.24, 2.45) is 5.41 Å². The summed E-state index contributed by atoms with van der Waals surface area (Å²) >= 11 is 12.1. The molecule has 25 heavy (non-hydrogen) atoms. The van der Waals surface area contributed by atoms with Crippen LogP contribution in [-0.4, -0.2) is 11.8 Å². The molecule has 1 atom stereocenters. The number of hydrogen-bond donors (Lipinski definition) is 2. The lowest BCUT2D eigenvalue weighted by Gasteiger charge is -2.25. The van der Waals surface area contributed by atoms with Crippen LogP contribution in [0.25, 0.3) is 0 Å². The molecule has 2 rings (SSSR count). The monoisotopic (exact) mass is 378 g/mol. The van der Waals surface area contributed by atoms with E-state index in [0.717, 1.165) is 5.56 Å². The van der Waals surface area contributed by atoms with E-state index in [2.05, 4.69) is 10.6 Å². The van der Waals surface area contributed by atoms with E-state index in [0.29, 0.717) is 15.7 Å². The maximum Gasteiger partial charge on any atom is 0.239 e. The van der Waals surface area contributed by atoms with Crippen molar-refractivity contribution in [1.82, 2.24) is 5.32 Å². The molecule has 0 aliphatic carbocycles. The SMILES string of the molecule is CC(NC(=O)C(C)(C)C(=O)Nc1c(Cl)cccc1Cl)c1ccccc1. The van der Waals surface area contributed by atoms with E-state index in [1.807, 2.05) is 37.3 Å². The molecule has 0 bridgehead atoms. The highest BCUT2D eigenvalue weighted by Gasteiger charge is 2.37. The second-order valence-corrected chi connectivity index (χ2v) is 7.10. The maximum atomic E-state index is 12.6.